The molecular formula is C30H33N3O5. The Hall–Kier alpha value is -4.04. The van der Waals surface area contributed by atoms with Crippen LogP contribution in [0.5, 0.6) is 17.2 Å². The summed E-state index contributed by atoms with van der Waals surface area (Å²) < 4.78 is 16.1. The molecule has 0 spiro atoms. The van der Waals surface area contributed by atoms with E-state index in [1.807, 2.05) is 53.4 Å². The van der Waals surface area contributed by atoms with E-state index in [2.05, 4.69) is 5.32 Å². The number of ether oxygens (including phenoxy) is 3. The number of hydrogen-bond donors (Lipinski definition) is 2. The molecule has 1 fully saturated rings. The number of nitrogens with one attached hydrogen (secondary N) is 1. The molecule has 5 rings (SSSR count). The van der Waals surface area contributed by atoms with Crippen molar-refractivity contribution in [2.45, 2.75) is 50.7 Å². The van der Waals surface area contributed by atoms with Crippen molar-refractivity contribution in [3.63, 3.8) is 0 Å². The van der Waals surface area contributed by atoms with Crippen LogP contribution in [0.2, 0.25) is 0 Å². The highest BCUT2D eigenvalue weighted by molar-refractivity contribution is 5.95. The number of fused-ring (bicyclic) bond motifs is 1. The van der Waals surface area contributed by atoms with Gasteiger partial charge in [-0.2, -0.15) is 0 Å². The van der Waals surface area contributed by atoms with Crippen LogP contribution in [0, 0.1) is 0 Å². The van der Waals surface area contributed by atoms with Gasteiger partial charge >= 0.3 is 0 Å². The summed E-state index contributed by atoms with van der Waals surface area (Å²) in [5.74, 6) is 1.82. The van der Waals surface area contributed by atoms with Gasteiger partial charge in [0.25, 0.3) is 5.91 Å². The van der Waals surface area contributed by atoms with Gasteiger partial charge in [0.2, 0.25) is 12.7 Å². The molecule has 0 radical (unpaired) electrons. The number of nitrogens with two attached hydrogens (primary N) is 1. The fourth-order valence-electron chi connectivity index (χ4n) is 5.05. The Morgan fingerprint density at radius 3 is 2.47 bits per heavy atom. The first-order valence-corrected chi connectivity index (χ1v) is 13.0. The third kappa shape index (κ3) is 6.08. The molecule has 198 valence electrons. The zero-order valence-electron chi connectivity index (χ0n) is 21.5. The number of nitrogens with zero attached hydrogens (tertiary/aromatic N) is 1. The Labute approximate surface area is 222 Å². The topological polar surface area (TPSA) is 103 Å². The number of benzene rings is 3. The largest absolute Gasteiger partial charge is 0.497 e. The fourth-order valence-corrected chi connectivity index (χ4v) is 5.05. The molecule has 8 nitrogen and oxygen atoms in total. The molecule has 0 saturated heterocycles. The molecule has 3 aromatic carbocycles. The molecule has 0 aromatic heterocycles. The highest BCUT2D eigenvalue weighted by atomic mass is 16.7. The predicted octanol–water partition coefficient (Wildman–Crippen LogP) is 4.52. The van der Waals surface area contributed by atoms with E-state index >= 15 is 0 Å². The Morgan fingerprint density at radius 1 is 0.947 bits per heavy atom. The molecule has 2 amide bonds. The third-order valence-corrected chi connectivity index (χ3v) is 7.15. The molecule has 3 aromatic rings. The molecule has 0 unspecified atom stereocenters. The normalized spacial score (nSPS) is 18.1. The van der Waals surface area contributed by atoms with Crippen molar-refractivity contribution in [1.82, 2.24) is 4.90 Å². The number of methoxy groups -OCH3 is 1. The zero-order valence-corrected chi connectivity index (χ0v) is 21.5. The minimum absolute atomic E-state index is 0.0577. The molecule has 1 aliphatic carbocycles. The van der Waals surface area contributed by atoms with Crippen LogP contribution in [0.15, 0.2) is 66.7 Å². The van der Waals surface area contributed by atoms with Gasteiger partial charge in [-0.25, -0.2) is 0 Å². The standard InChI is InChI=1S/C30H33N3O5/c1-36-26-12-5-20(6-13-26)16-29(34)32-24-4-2-3-21(15-24)18-33(25-10-8-23(31)9-11-25)30(35)22-7-14-27-28(17-22)38-19-37-27/h2-7,12-15,17,23,25H,8-11,16,18-19,31H2,1H3,(H,32,34). The molecule has 3 N–H and O–H groups in total. The number of carbonyl (C=O) groups is 2. The number of rotatable bonds is 8. The molecular weight excluding hydrogens is 482 g/mol. The number of carbonyl (C=O) groups excluding carboxylic acids is 2. The molecule has 1 saturated carbocycles. The summed E-state index contributed by atoms with van der Waals surface area (Å²) >= 11 is 0. The molecule has 2 aliphatic rings. The zero-order chi connectivity index (χ0) is 26.5. The lowest BCUT2D eigenvalue weighted by molar-refractivity contribution is -0.115. The van der Waals surface area contributed by atoms with E-state index in [4.69, 9.17) is 19.9 Å². The second-order valence-corrected chi connectivity index (χ2v) is 9.84. The van der Waals surface area contributed by atoms with Crippen LogP contribution in [0.1, 0.15) is 47.2 Å². The summed E-state index contributed by atoms with van der Waals surface area (Å²) in [7, 11) is 1.61. The smallest absolute Gasteiger partial charge is 0.254 e. The van der Waals surface area contributed by atoms with Gasteiger partial charge in [-0.3, -0.25) is 9.59 Å². The molecule has 8 heteroatoms. The molecule has 38 heavy (non-hydrogen) atoms. The third-order valence-electron chi connectivity index (χ3n) is 7.15. The van der Waals surface area contributed by atoms with Crippen LogP contribution < -0.4 is 25.3 Å². The maximum atomic E-state index is 13.8. The van der Waals surface area contributed by atoms with Gasteiger partial charge in [0.1, 0.15) is 5.75 Å². The maximum absolute atomic E-state index is 13.8. The second-order valence-electron chi connectivity index (χ2n) is 9.84. The second kappa shape index (κ2) is 11.6. The van der Waals surface area contributed by atoms with Crippen molar-refractivity contribution in [3.8, 4) is 17.2 Å². The Balaban J connectivity index is 1.30. The molecule has 1 aliphatic heterocycles. The first kappa shape index (κ1) is 25.6. The number of anilines is 1. The van der Waals surface area contributed by atoms with Crippen LogP contribution in [0.4, 0.5) is 5.69 Å². The predicted molar refractivity (Wildman–Crippen MR) is 144 cm³/mol. The van der Waals surface area contributed by atoms with Gasteiger partial charge in [-0.15, -0.1) is 0 Å². The van der Waals surface area contributed by atoms with Crippen molar-refractivity contribution in [2.75, 3.05) is 19.2 Å². The van der Waals surface area contributed by atoms with Crippen molar-refractivity contribution in [2.24, 2.45) is 5.73 Å². The summed E-state index contributed by atoms with van der Waals surface area (Å²) in [5.41, 5.74) is 9.25. The number of hydrogen-bond acceptors (Lipinski definition) is 6. The van der Waals surface area contributed by atoms with Crippen molar-refractivity contribution >= 4 is 17.5 Å². The summed E-state index contributed by atoms with van der Waals surface area (Å²) in [5, 5.41) is 2.99. The lowest BCUT2D eigenvalue weighted by Gasteiger charge is -2.36. The SMILES string of the molecule is COc1ccc(CC(=O)Nc2cccc(CN(C(=O)c3ccc4c(c3)OCO4)C3CCC(N)CC3)c2)cc1. The summed E-state index contributed by atoms with van der Waals surface area (Å²) in [6, 6.07) is 20.7. The summed E-state index contributed by atoms with van der Waals surface area (Å²) in [4.78, 5) is 28.4. The van der Waals surface area contributed by atoms with Crippen molar-refractivity contribution in [1.29, 1.82) is 0 Å². The Morgan fingerprint density at radius 2 is 1.71 bits per heavy atom. The summed E-state index contributed by atoms with van der Waals surface area (Å²) in [6.07, 6.45) is 3.74. The van der Waals surface area contributed by atoms with Crippen LogP contribution >= 0.6 is 0 Å². The van der Waals surface area contributed by atoms with E-state index in [9.17, 15) is 9.59 Å². The van der Waals surface area contributed by atoms with Crippen molar-refractivity contribution in [3.05, 3.63) is 83.4 Å². The first-order chi connectivity index (χ1) is 18.5. The van der Waals surface area contributed by atoms with Gasteiger partial charge < -0.3 is 30.2 Å². The van der Waals surface area contributed by atoms with E-state index in [0.717, 1.165) is 42.6 Å². The van der Waals surface area contributed by atoms with Gasteiger partial charge in [0, 0.05) is 29.9 Å². The minimum Gasteiger partial charge on any atom is -0.497 e. The van der Waals surface area contributed by atoms with E-state index < -0.39 is 0 Å². The number of amides is 2. The van der Waals surface area contributed by atoms with Crippen LogP contribution in [0.3, 0.4) is 0 Å². The van der Waals surface area contributed by atoms with E-state index in [1.54, 1.807) is 25.3 Å². The monoisotopic (exact) mass is 515 g/mol. The van der Waals surface area contributed by atoms with Crippen LogP contribution in [0.25, 0.3) is 0 Å². The average Bonchev–Trinajstić information content (AvgIpc) is 3.41. The van der Waals surface area contributed by atoms with E-state index in [0.29, 0.717) is 29.3 Å². The maximum Gasteiger partial charge on any atom is 0.254 e. The fraction of sp³-hybridized carbons (Fsp3) is 0.333. The molecule has 1 heterocycles. The summed E-state index contributed by atoms with van der Waals surface area (Å²) in [6.45, 7) is 0.587. The van der Waals surface area contributed by atoms with Crippen LogP contribution in [-0.2, 0) is 17.8 Å². The van der Waals surface area contributed by atoms with Crippen LogP contribution in [-0.4, -0.2) is 42.7 Å². The Bertz CT molecular complexity index is 1290. The van der Waals surface area contributed by atoms with Gasteiger partial charge in [0.05, 0.1) is 13.5 Å². The van der Waals surface area contributed by atoms with E-state index in [-0.39, 0.29) is 37.1 Å². The van der Waals surface area contributed by atoms with Crippen molar-refractivity contribution < 1.29 is 23.8 Å². The van der Waals surface area contributed by atoms with Gasteiger partial charge in [-0.1, -0.05) is 24.3 Å². The quantitative estimate of drug-likeness (QED) is 0.457. The van der Waals surface area contributed by atoms with Gasteiger partial charge in [-0.05, 0) is 79.3 Å². The lowest BCUT2D eigenvalue weighted by atomic mass is 9.90. The van der Waals surface area contributed by atoms with Gasteiger partial charge in [0.15, 0.2) is 11.5 Å². The average molecular weight is 516 g/mol. The first-order valence-electron chi connectivity index (χ1n) is 13.0. The molecule has 0 bridgehead atoms. The molecule has 0 atom stereocenters. The highest BCUT2D eigenvalue weighted by Crippen LogP contribution is 2.34. The van der Waals surface area contributed by atoms with E-state index in [1.165, 1.54) is 0 Å². The highest BCUT2D eigenvalue weighted by Gasteiger charge is 2.29. The lowest BCUT2D eigenvalue weighted by Crippen LogP contribution is -2.43. The Kier molecular flexibility index (Phi) is 7.79. The minimum atomic E-state index is -0.109.